The molecule has 0 aliphatic carbocycles. The lowest BCUT2D eigenvalue weighted by molar-refractivity contribution is -0.145. The monoisotopic (exact) mass is 473 g/mol. The summed E-state index contributed by atoms with van der Waals surface area (Å²) in [6, 6.07) is 6.36. The van der Waals surface area contributed by atoms with Crippen LogP contribution in [0.1, 0.15) is 22.8 Å². The molecule has 0 fully saturated rings. The Hall–Kier alpha value is -2.16. The van der Waals surface area contributed by atoms with Gasteiger partial charge in [0.25, 0.3) is 5.91 Å². The SMILES string of the molecule is CCOC(=O)COc1c(Cl)cc(C=NNC(=O)c2cccnc2Cl)cc1Br. The first-order valence-electron chi connectivity index (χ1n) is 7.63. The van der Waals surface area contributed by atoms with Crippen molar-refractivity contribution in [2.45, 2.75) is 6.92 Å². The quantitative estimate of drug-likeness (QED) is 0.285. The molecule has 0 atom stereocenters. The van der Waals surface area contributed by atoms with E-state index in [1.807, 2.05) is 0 Å². The number of esters is 1. The van der Waals surface area contributed by atoms with Crippen LogP contribution in [0.15, 0.2) is 40.0 Å². The van der Waals surface area contributed by atoms with E-state index in [-0.39, 0.29) is 29.0 Å². The number of amides is 1. The zero-order chi connectivity index (χ0) is 19.8. The van der Waals surface area contributed by atoms with E-state index >= 15 is 0 Å². The van der Waals surface area contributed by atoms with E-state index in [1.54, 1.807) is 25.1 Å². The Kier molecular flexibility index (Phi) is 8.02. The van der Waals surface area contributed by atoms with Crippen molar-refractivity contribution in [1.82, 2.24) is 10.4 Å². The molecule has 10 heteroatoms. The molecular weight excluding hydrogens is 461 g/mol. The zero-order valence-electron chi connectivity index (χ0n) is 14.0. The second kappa shape index (κ2) is 10.2. The molecule has 1 aromatic carbocycles. The van der Waals surface area contributed by atoms with Gasteiger partial charge >= 0.3 is 5.97 Å². The minimum Gasteiger partial charge on any atom is -0.479 e. The van der Waals surface area contributed by atoms with Crippen molar-refractivity contribution in [3.8, 4) is 5.75 Å². The zero-order valence-corrected chi connectivity index (χ0v) is 17.1. The van der Waals surface area contributed by atoms with Crippen molar-refractivity contribution in [2.24, 2.45) is 5.10 Å². The summed E-state index contributed by atoms with van der Waals surface area (Å²) < 4.78 is 10.7. The van der Waals surface area contributed by atoms with Crippen LogP contribution in [0.25, 0.3) is 0 Å². The van der Waals surface area contributed by atoms with Crippen molar-refractivity contribution in [3.05, 3.63) is 56.2 Å². The number of halogens is 3. The number of carbonyl (C=O) groups excluding carboxylic acids is 2. The summed E-state index contributed by atoms with van der Waals surface area (Å²) in [7, 11) is 0. The van der Waals surface area contributed by atoms with E-state index < -0.39 is 11.9 Å². The number of carbonyl (C=O) groups is 2. The lowest BCUT2D eigenvalue weighted by Gasteiger charge is -2.10. The third-order valence-corrected chi connectivity index (χ3v) is 4.21. The van der Waals surface area contributed by atoms with E-state index in [0.29, 0.717) is 15.8 Å². The van der Waals surface area contributed by atoms with Crippen molar-refractivity contribution in [3.63, 3.8) is 0 Å². The topological polar surface area (TPSA) is 89.9 Å². The Morgan fingerprint density at radius 1 is 1.37 bits per heavy atom. The average Bonchev–Trinajstić information content (AvgIpc) is 2.61. The molecule has 1 aromatic heterocycles. The Bertz CT molecular complexity index is 854. The molecular formula is C17H14BrCl2N3O4. The highest BCUT2D eigenvalue weighted by Gasteiger charge is 2.12. The number of rotatable bonds is 7. The van der Waals surface area contributed by atoms with Gasteiger partial charge in [-0.1, -0.05) is 23.2 Å². The first-order valence-corrected chi connectivity index (χ1v) is 9.18. The van der Waals surface area contributed by atoms with Crippen molar-refractivity contribution < 1.29 is 19.1 Å². The van der Waals surface area contributed by atoms with E-state index in [2.05, 4.69) is 31.4 Å². The maximum absolute atomic E-state index is 12.0. The van der Waals surface area contributed by atoms with Crippen LogP contribution < -0.4 is 10.2 Å². The summed E-state index contributed by atoms with van der Waals surface area (Å²) >= 11 is 15.3. The molecule has 0 saturated carbocycles. The van der Waals surface area contributed by atoms with Crippen LogP contribution in [0.5, 0.6) is 5.75 Å². The van der Waals surface area contributed by atoms with Crippen LogP contribution in [-0.4, -0.2) is 36.3 Å². The van der Waals surface area contributed by atoms with E-state index in [4.69, 9.17) is 32.7 Å². The third-order valence-electron chi connectivity index (χ3n) is 3.04. The fourth-order valence-corrected chi connectivity index (χ4v) is 3.10. The van der Waals surface area contributed by atoms with E-state index in [0.717, 1.165) is 0 Å². The molecule has 2 rings (SSSR count). The summed E-state index contributed by atoms with van der Waals surface area (Å²) in [5.74, 6) is -0.695. The van der Waals surface area contributed by atoms with Crippen LogP contribution in [0.4, 0.5) is 0 Å². The second-order valence-electron chi connectivity index (χ2n) is 4.95. The van der Waals surface area contributed by atoms with Crippen LogP contribution in [0.3, 0.4) is 0 Å². The lowest BCUT2D eigenvalue weighted by atomic mass is 10.2. The number of hydrogen-bond acceptors (Lipinski definition) is 6. The molecule has 142 valence electrons. The van der Waals surface area contributed by atoms with Crippen LogP contribution in [0.2, 0.25) is 10.2 Å². The molecule has 0 aliphatic rings. The normalized spacial score (nSPS) is 10.7. The molecule has 0 spiro atoms. The number of nitrogens with zero attached hydrogens (tertiary/aromatic N) is 2. The Balaban J connectivity index is 2.03. The minimum absolute atomic E-state index is 0.0825. The largest absolute Gasteiger partial charge is 0.479 e. The molecule has 1 N–H and O–H groups in total. The van der Waals surface area contributed by atoms with Crippen LogP contribution in [0, 0.1) is 0 Å². The predicted molar refractivity (Wildman–Crippen MR) is 106 cm³/mol. The maximum Gasteiger partial charge on any atom is 0.344 e. The number of nitrogens with one attached hydrogen (secondary N) is 1. The highest BCUT2D eigenvalue weighted by atomic mass is 79.9. The molecule has 0 aliphatic heterocycles. The second-order valence-corrected chi connectivity index (χ2v) is 6.57. The van der Waals surface area contributed by atoms with Crippen molar-refractivity contribution >= 4 is 57.2 Å². The lowest BCUT2D eigenvalue weighted by Crippen LogP contribution is -2.18. The van der Waals surface area contributed by atoms with Gasteiger partial charge in [0.2, 0.25) is 0 Å². The summed E-state index contributed by atoms with van der Waals surface area (Å²) in [6.07, 6.45) is 2.88. The number of ether oxygens (including phenoxy) is 2. The van der Waals surface area contributed by atoms with Gasteiger partial charge in [-0.25, -0.2) is 15.2 Å². The summed E-state index contributed by atoms with van der Waals surface area (Å²) in [4.78, 5) is 27.2. The molecule has 1 heterocycles. The Morgan fingerprint density at radius 2 is 2.15 bits per heavy atom. The molecule has 27 heavy (non-hydrogen) atoms. The third kappa shape index (κ3) is 6.20. The number of benzene rings is 1. The number of pyridine rings is 1. The average molecular weight is 475 g/mol. The Labute approximate surface area is 173 Å². The molecule has 2 aromatic rings. The van der Waals surface area contributed by atoms with Gasteiger partial charge in [-0.15, -0.1) is 0 Å². The van der Waals surface area contributed by atoms with Gasteiger partial charge in [0.05, 0.1) is 27.9 Å². The number of hydrazone groups is 1. The van der Waals surface area contributed by atoms with Crippen molar-refractivity contribution in [2.75, 3.05) is 13.2 Å². The predicted octanol–water partition coefficient (Wildman–Crippen LogP) is 3.86. The molecule has 0 unspecified atom stereocenters. The molecule has 7 nitrogen and oxygen atoms in total. The smallest absolute Gasteiger partial charge is 0.344 e. The van der Waals surface area contributed by atoms with Crippen LogP contribution in [-0.2, 0) is 9.53 Å². The molecule has 0 radical (unpaired) electrons. The van der Waals surface area contributed by atoms with Gasteiger partial charge < -0.3 is 9.47 Å². The van der Waals surface area contributed by atoms with E-state index in [9.17, 15) is 9.59 Å². The highest BCUT2D eigenvalue weighted by Crippen LogP contribution is 2.34. The molecule has 1 amide bonds. The molecule has 0 bridgehead atoms. The number of aromatic nitrogens is 1. The summed E-state index contributed by atoms with van der Waals surface area (Å²) in [5, 5.41) is 4.21. The fourth-order valence-electron chi connectivity index (χ4n) is 1.91. The van der Waals surface area contributed by atoms with Gasteiger partial charge in [-0.3, -0.25) is 4.79 Å². The Morgan fingerprint density at radius 3 is 2.81 bits per heavy atom. The maximum atomic E-state index is 12.0. The van der Waals surface area contributed by atoms with Gasteiger partial charge in [-0.2, -0.15) is 5.10 Å². The fraction of sp³-hybridized carbons (Fsp3) is 0.176. The van der Waals surface area contributed by atoms with Gasteiger partial charge in [0.15, 0.2) is 12.4 Å². The summed E-state index contributed by atoms with van der Waals surface area (Å²) in [5.41, 5.74) is 3.15. The van der Waals surface area contributed by atoms with Crippen molar-refractivity contribution in [1.29, 1.82) is 0 Å². The molecule has 0 saturated heterocycles. The highest BCUT2D eigenvalue weighted by molar-refractivity contribution is 9.10. The first kappa shape index (κ1) is 21.1. The van der Waals surface area contributed by atoms with Gasteiger partial charge in [0, 0.05) is 6.20 Å². The first-order chi connectivity index (χ1) is 12.9. The van der Waals surface area contributed by atoms with Gasteiger partial charge in [0.1, 0.15) is 5.15 Å². The van der Waals surface area contributed by atoms with Gasteiger partial charge in [-0.05, 0) is 52.7 Å². The van der Waals surface area contributed by atoms with E-state index in [1.165, 1.54) is 18.5 Å². The number of hydrogen-bond donors (Lipinski definition) is 1. The standard InChI is InChI=1S/C17H14BrCl2N3O4/c1-2-26-14(24)9-27-15-12(18)6-10(7-13(15)19)8-22-23-17(25)11-4-3-5-21-16(11)20/h3-8H,2,9H2,1H3,(H,23,25). The minimum atomic E-state index is -0.497. The summed E-state index contributed by atoms with van der Waals surface area (Å²) in [6.45, 7) is 1.71. The van der Waals surface area contributed by atoms with Crippen LogP contribution >= 0.6 is 39.1 Å².